The highest BCUT2D eigenvalue weighted by atomic mass is 35.5. The van der Waals surface area contributed by atoms with Crippen LogP contribution in [0.3, 0.4) is 0 Å². The van der Waals surface area contributed by atoms with Crippen LogP contribution in [-0.4, -0.2) is 24.9 Å². The lowest BCUT2D eigenvalue weighted by molar-refractivity contribution is 0.0769. The average Bonchev–Trinajstić information content (AvgIpc) is 2.23. The van der Waals surface area contributed by atoms with Gasteiger partial charge in [0.15, 0.2) is 0 Å². The van der Waals surface area contributed by atoms with Gasteiger partial charge in [0.25, 0.3) is 0 Å². The maximum Gasteiger partial charge on any atom is 0.134 e. The third-order valence-corrected chi connectivity index (χ3v) is 2.60. The van der Waals surface area contributed by atoms with Gasteiger partial charge >= 0.3 is 0 Å². The molecule has 1 heterocycles. The molecule has 0 spiro atoms. The molecule has 0 bridgehead atoms. The van der Waals surface area contributed by atoms with Crippen LogP contribution < -0.4 is 5.32 Å². The molecule has 76 valence electrons. The van der Waals surface area contributed by atoms with Crippen LogP contribution in [0.4, 0.5) is 0 Å². The van der Waals surface area contributed by atoms with E-state index in [4.69, 9.17) is 16.3 Å². The van der Waals surface area contributed by atoms with Gasteiger partial charge in [-0.1, -0.05) is 17.7 Å². The van der Waals surface area contributed by atoms with E-state index in [1.54, 1.807) is 12.1 Å². The van der Waals surface area contributed by atoms with Crippen molar-refractivity contribution in [2.24, 2.45) is 0 Å². The van der Waals surface area contributed by atoms with Crippen LogP contribution in [0.1, 0.15) is 11.6 Å². The molecule has 0 unspecified atom stereocenters. The molecule has 0 radical (unpaired) electrons. The highest BCUT2D eigenvalue weighted by molar-refractivity contribution is 6.32. The molecule has 4 heteroatoms. The van der Waals surface area contributed by atoms with E-state index in [1.807, 2.05) is 6.07 Å². The van der Waals surface area contributed by atoms with Gasteiger partial charge in [-0.05, 0) is 17.7 Å². The first-order valence-corrected chi connectivity index (χ1v) is 4.95. The van der Waals surface area contributed by atoms with Gasteiger partial charge in [-0.2, -0.15) is 0 Å². The Balaban J connectivity index is 2.18. The quantitative estimate of drug-likeness (QED) is 0.746. The molecule has 1 aromatic rings. The van der Waals surface area contributed by atoms with Crippen molar-refractivity contribution < 1.29 is 9.84 Å². The molecule has 2 rings (SSSR count). The Hall–Kier alpha value is -0.770. The number of hydrogen-bond donors (Lipinski definition) is 2. The number of aromatic hydroxyl groups is 1. The molecule has 1 saturated heterocycles. The van der Waals surface area contributed by atoms with E-state index in [0.717, 1.165) is 18.7 Å². The van der Waals surface area contributed by atoms with Crippen LogP contribution in [-0.2, 0) is 4.74 Å². The predicted molar refractivity (Wildman–Crippen MR) is 54.7 cm³/mol. The molecule has 2 N–H and O–H groups in total. The highest BCUT2D eigenvalue weighted by Crippen LogP contribution is 2.27. The fourth-order valence-electron chi connectivity index (χ4n) is 1.52. The van der Waals surface area contributed by atoms with Crippen LogP contribution in [0.25, 0.3) is 0 Å². The largest absolute Gasteiger partial charge is 0.506 e. The maximum atomic E-state index is 9.26. The Labute approximate surface area is 87.6 Å². The number of phenols is 1. The number of morpholine rings is 1. The van der Waals surface area contributed by atoms with Crippen molar-refractivity contribution in [3.63, 3.8) is 0 Å². The minimum absolute atomic E-state index is 0.118. The number of halogens is 1. The molecule has 1 fully saturated rings. The molecule has 1 atom stereocenters. The lowest BCUT2D eigenvalue weighted by Gasteiger charge is -2.24. The first-order chi connectivity index (χ1) is 6.77. The third kappa shape index (κ3) is 2.00. The zero-order valence-electron chi connectivity index (χ0n) is 7.66. The predicted octanol–water partition coefficient (Wildman–Crippen LogP) is 1.71. The van der Waals surface area contributed by atoms with Crippen molar-refractivity contribution in [2.45, 2.75) is 6.04 Å². The van der Waals surface area contributed by atoms with Crippen LogP contribution in [0, 0.1) is 0 Å². The fourth-order valence-corrected chi connectivity index (χ4v) is 1.71. The minimum Gasteiger partial charge on any atom is -0.506 e. The normalized spacial score (nSPS) is 22.2. The summed E-state index contributed by atoms with van der Waals surface area (Å²) in [5.41, 5.74) is 1.05. The van der Waals surface area contributed by atoms with Gasteiger partial charge in [-0.3, -0.25) is 0 Å². The monoisotopic (exact) mass is 213 g/mol. The minimum atomic E-state index is 0.118. The Kier molecular flexibility index (Phi) is 2.91. The van der Waals surface area contributed by atoms with Gasteiger partial charge < -0.3 is 15.2 Å². The molecule has 0 aliphatic carbocycles. The lowest BCUT2D eigenvalue weighted by Crippen LogP contribution is -2.34. The van der Waals surface area contributed by atoms with E-state index in [0.29, 0.717) is 11.6 Å². The summed E-state index contributed by atoms with van der Waals surface area (Å²) in [6, 6.07) is 5.41. The van der Waals surface area contributed by atoms with E-state index >= 15 is 0 Å². The number of ether oxygens (including phenoxy) is 1. The van der Waals surface area contributed by atoms with Crippen molar-refractivity contribution >= 4 is 11.6 Å². The molecule has 14 heavy (non-hydrogen) atoms. The molecule has 0 amide bonds. The van der Waals surface area contributed by atoms with Crippen molar-refractivity contribution in [2.75, 3.05) is 19.8 Å². The summed E-state index contributed by atoms with van der Waals surface area (Å²) in [6.07, 6.45) is 0. The lowest BCUT2D eigenvalue weighted by atomic mass is 10.1. The molecular weight excluding hydrogens is 202 g/mol. The van der Waals surface area contributed by atoms with E-state index < -0.39 is 0 Å². The molecular formula is C10H12ClNO2. The molecule has 1 aromatic carbocycles. The first kappa shape index (κ1) is 9.77. The van der Waals surface area contributed by atoms with Gasteiger partial charge in [0, 0.05) is 6.54 Å². The fraction of sp³-hybridized carbons (Fsp3) is 0.400. The number of nitrogens with one attached hydrogen (secondary N) is 1. The summed E-state index contributed by atoms with van der Waals surface area (Å²) in [4.78, 5) is 0. The summed E-state index contributed by atoms with van der Waals surface area (Å²) >= 11 is 5.81. The highest BCUT2D eigenvalue weighted by Gasteiger charge is 2.15. The summed E-state index contributed by atoms with van der Waals surface area (Å²) in [5.74, 6) is 0.118. The average molecular weight is 214 g/mol. The maximum absolute atomic E-state index is 9.26. The standard InChI is InChI=1S/C10H12ClNO2/c11-8-5-7(1-2-10(8)13)9-6-14-4-3-12-9/h1-2,5,9,12-13H,3-4,6H2/t9-/m0/s1. The third-order valence-electron chi connectivity index (χ3n) is 2.30. The Morgan fingerprint density at radius 2 is 2.36 bits per heavy atom. The molecule has 0 aromatic heterocycles. The van der Waals surface area contributed by atoms with Gasteiger partial charge in [0.05, 0.1) is 24.3 Å². The zero-order valence-corrected chi connectivity index (χ0v) is 8.42. The SMILES string of the molecule is Oc1ccc([C@@H]2COCCN2)cc1Cl. The van der Waals surface area contributed by atoms with Crippen molar-refractivity contribution in [1.29, 1.82) is 0 Å². The number of benzene rings is 1. The topological polar surface area (TPSA) is 41.5 Å². The van der Waals surface area contributed by atoms with E-state index in [1.165, 1.54) is 0 Å². The van der Waals surface area contributed by atoms with Crippen molar-refractivity contribution in [3.8, 4) is 5.75 Å². The summed E-state index contributed by atoms with van der Waals surface area (Å²) in [5, 5.41) is 13.0. The van der Waals surface area contributed by atoms with Gasteiger partial charge in [-0.25, -0.2) is 0 Å². The number of rotatable bonds is 1. The van der Waals surface area contributed by atoms with Gasteiger partial charge in [-0.15, -0.1) is 0 Å². The van der Waals surface area contributed by atoms with Crippen LogP contribution in [0.5, 0.6) is 5.75 Å². The van der Waals surface area contributed by atoms with Crippen molar-refractivity contribution in [1.82, 2.24) is 5.32 Å². The number of hydrogen-bond acceptors (Lipinski definition) is 3. The smallest absolute Gasteiger partial charge is 0.134 e. The van der Waals surface area contributed by atoms with E-state index in [-0.39, 0.29) is 11.8 Å². The summed E-state index contributed by atoms with van der Waals surface area (Å²) in [7, 11) is 0. The second-order valence-electron chi connectivity index (χ2n) is 3.29. The first-order valence-electron chi connectivity index (χ1n) is 4.57. The van der Waals surface area contributed by atoms with Gasteiger partial charge in [0.1, 0.15) is 5.75 Å². The van der Waals surface area contributed by atoms with Crippen molar-refractivity contribution in [3.05, 3.63) is 28.8 Å². The Morgan fingerprint density at radius 3 is 3.00 bits per heavy atom. The summed E-state index contributed by atoms with van der Waals surface area (Å²) < 4.78 is 5.34. The van der Waals surface area contributed by atoms with E-state index in [9.17, 15) is 5.11 Å². The summed E-state index contributed by atoms with van der Waals surface area (Å²) in [6.45, 7) is 2.26. The van der Waals surface area contributed by atoms with Crippen LogP contribution in [0.2, 0.25) is 5.02 Å². The second-order valence-corrected chi connectivity index (χ2v) is 3.70. The molecule has 3 nitrogen and oxygen atoms in total. The van der Waals surface area contributed by atoms with Crippen LogP contribution in [0.15, 0.2) is 18.2 Å². The number of phenolic OH excluding ortho intramolecular Hbond substituents is 1. The van der Waals surface area contributed by atoms with Gasteiger partial charge in [0.2, 0.25) is 0 Å². The molecule has 0 saturated carbocycles. The second kappa shape index (κ2) is 4.17. The molecule has 1 aliphatic rings. The zero-order chi connectivity index (χ0) is 9.97. The van der Waals surface area contributed by atoms with Crippen LogP contribution >= 0.6 is 11.6 Å². The Morgan fingerprint density at radius 1 is 1.50 bits per heavy atom. The van der Waals surface area contributed by atoms with E-state index in [2.05, 4.69) is 5.32 Å². The Bertz CT molecular complexity index is 324. The molecule has 1 aliphatic heterocycles.